The molecule has 0 saturated carbocycles. The molecule has 35 heavy (non-hydrogen) atoms. The standard InChI is InChI=1S/C32H20N2S/c1-3-9-21(10-4-1)31-27-18-16-23(19-28(27)33-32(34-31)22-11-5-2-6-12-22)24-15-17-26-25-13-7-8-14-29(25)35-30(26)20-24/h1-20H. The van der Waals surface area contributed by atoms with E-state index in [1.807, 2.05) is 35.6 Å². The van der Waals surface area contributed by atoms with Crippen LogP contribution >= 0.6 is 11.3 Å². The molecule has 0 spiro atoms. The zero-order valence-electron chi connectivity index (χ0n) is 18.8. The first-order valence-corrected chi connectivity index (χ1v) is 12.5. The van der Waals surface area contributed by atoms with Crippen molar-refractivity contribution in [2.75, 3.05) is 0 Å². The van der Waals surface area contributed by atoms with Crippen molar-refractivity contribution in [2.24, 2.45) is 0 Å². The summed E-state index contributed by atoms with van der Waals surface area (Å²) >= 11 is 1.85. The van der Waals surface area contributed by atoms with Crippen molar-refractivity contribution < 1.29 is 0 Å². The number of rotatable bonds is 3. The predicted molar refractivity (Wildman–Crippen MR) is 149 cm³/mol. The number of fused-ring (bicyclic) bond motifs is 4. The van der Waals surface area contributed by atoms with E-state index in [2.05, 4.69) is 97.1 Å². The molecule has 0 atom stereocenters. The summed E-state index contributed by atoms with van der Waals surface area (Å²) in [6.07, 6.45) is 0. The lowest BCUT2D eigenvalue weighted by molar-refractivity contribution is 1.23. The third-order valence-corrected chi connectivity index (χ3v) is 7.62. The van der Waals surface area contributed by atoms with Gasteiger partial charge in [0.05, 0.1) is 11.2 Å². The minimum absolute atomic E-state index is 0.745. The third-order valence-electron chi connectivity index (χ3n) is 6.49. The molecular weight excluding hydrogens is 444 g/mol. The Hall–Kier alpha value is -4.34. The van der Waals surface area contributed by atoms with E-state index in [-0.39, 0.29) is 0 Å². The average molecular weight is 465 g/mol. The molecule has 0 unspecified atom stereocenters. The Labute approximate surface area is 207 Å². The first-order valence-electron chi connectivity index (χ1n) is 11.7. The monoisotopic (exact) mass is 464 g/mol. The SMILES string of the molecule is c1ccc(-c2nc(-c3ccccc3)c3ccc(-c4ccc5c(c4)sc4ccccc45)cc3n2)cc1. The molecule has 2 aromatic heterocycles. The van der Waals surface area contributed by atoms with Crippen molar-refractivity contribution in [1.29, 1.82) is 0 Å². The molecule has 3 heteroatoms. The molecule has 0 radical (unpaired) electrons. The summed E-state index contributed by atoms with van der Waals surface area (Å²) < 4.78 is 2.63. The van der Waals surface area contributed by atoms with E-state index in [4.69, 9.17) is 9.97 Å². The lowest BCUT2D eigenvalue weighted by atomic mass is 10.00. The summed E-state index contributed by atoms with van der Waals surface area (Å²) in [4.78, 5) is 10.0. The Balaban J connectivity index is 1.43. The van der Waals surface area contributed by atoms with E-state index in [9.17, 15) is 0 Å². The highest BCUT2D eigenvalue weighted by Crippen LogP contribution is 2.37. The van der Waals surface area contributed by atoms with Gasteiger partial charge in [-0.05, 0) is 35.4 Å². The van der Waals surface area contributed by atoms with E-state index in [1.165, 1.54) is 25.7 Å². The lowest BCUT2D eigenvalue weighted by Gasteiger charge is -2.11. The first-order chi connectivity index (χ1) is 17.3. The highest BCUT2D eigenvalue weighted by atomic mass is 32.1. The van der Waals surface area contributed by atoms with E-state index in [0.29, 0.717) is 0 Å². The average Bonchev–Trinajstić information content (AvgIpc) is 3.31. The maximum atomic E-state index is 5.01. The molecule has 0 fully saturated rings. The smallest absolute Gasteiger partial charge is 0.160 e. The second kappa shape index (κ2) is 8.15. The fraction of sp³-hybridized carbons (Fsp3) is 0. The maximum absolute atomic E-state index is 5.01. The molecule has 0 amide bonds. The van der Waals surface area contributed by atoms with Crippen molar-refractivity contribution in [3.8, 4) is 33.8 Å². The Morgan fingerprint density at radius 1 is 0.429 bits per heavy atom. The number of hydrogen-bond acceptors (Lipinski definition) is 3. The highest BCUT2D eigenvalue weighted by molar-refractivity contribution is 7.25. The van der Waals surface area contributed by atoms with Crippen LogP contribution in [0.3, 0.4) is 0 Å². The van der Waals surface area contributed by atoms with Crippen LogP contribution in [0.2, 0.25) is 0 Å². The van der Waals surface area contributed by atoms with Crippen LogP contribution in [0, 0.1) is 0 Å². The van der Waals surface area contributed by atoms with E-state index in [1.54, 1.807) is 0 Å². The van der Waals surface area contributed by atoms with Gasteiger partial charge in [-0.15, -0.1) is 11.3 Å². The fourth-order valence-electron chi connectivity index (χ4n) is 4.75. The van der Waals surface area contributed by atoms with E-state index < -0.39 is 0 Å². The van der Waals surface area contributed by atoms with Gasteiger partial charge in [0.2, 0.25) is 0 Å². The molecule has 0 saturated heterocycles. The van der Waals surface area contributed by atoms with Gasteiger partial charge in [-0.25, -0.2) is 9.97 Å². The van der Waals surface area contributed by atoms with Gasteiger partial charge in [0.25, 0.3) is 0 Å². The molecule has 7 aromatic rings. The van der Waals surface area contributed by atoms with Crippen molar-refractivity contribution in [1.82, 2.24) is 9.97 Å². The summed E-state index contributed by atoms with van der Waals surface area (Å²) in [5.74, 6) is 0.745. The van der Waals surface area contributed by atoms with E-state index >= 15 is 0 Å². The van der Waals surface area contributed by atoms with Crippen molar-refractivity contribution in [3.63, 3.8) is 0 Å². The molecule has 0 aliphatic rings. The van der Waals surface area contributed by atoms with Crippen molar-refractivity contribution in [3.05, 3.63) is 121 Å². The number of benzene rings is 5. The van der Waals surface area contributed by atoms with Gasteiger partial charge in [-0.3, -0.25) is 0 Å². The topological polar surface area (TPSA) is 25.8 Å². The summed E-state index contributed by atoms with van der Waals surface area (Å²) in [5, 5.41) is 3.70. The minimum Gasteiger partial charge on any atom is -0.228 e. The van der Waals surface area contributed by atoms with Crippen LogP contribution in [-0.2, 0) is 0 Å². The predicted octanol–water partition coefficient (Wildman–Crippen LogP) is 9.00. The van der Waals surface area contributed by atoms with Crippen LogP contribution in [0.4, 0.5) is 0 Å². The molecular formula is C32H20N2S. The molecule has 2 nitrogen and oxygen atoms in total. The van der Waals surface area contributed by atoms with Gasteiger partial charge in [0.15, 0.2) is 5.82 Å². The van der Waals surface area contributed by atoms with Crippen LogP contribution < -0.4 is 0 Å². The summed E-state index contributed by atoms with van der Waals surface area (Å²) in [6.45, 7) is 0. The summed E-state index contributed by atoms with van der Waals surface area (Å²) in [7, 11) is 0. The molecule has 5 aromatic carbocycles. The molecule has 7 rings (SSSR count). The summed E-state index contributed by atoms with van der Waals surface area (Å²) in [5.41, 5.74) is 6.38. The number of hydrogen-bond donors (Lipinski definition) is 0. The Morgan fingerprint density at radius 3 is 1.86 bits per heavy atom. The number of nitrogens with zero attached hydrogens (tertiary/aromatic N) is 2. The van der Waals surface area contributed by atoms with Gasteiger partial charge in [0.1, 0.15) is 0 Å². The first kappa shape index (κ1) is 20.1. The van der Waals surface area contributed by atoms with Crippen molar-refractivity contribution in [2.45, 2.75) is 0 Å². The molecule has 0 aliphatic carbocycles. The van der Waals surface area contributed by atoms with Gasteiger partial charge < -0.3 is 0 Å². The Kier molecular flexibility index (Phi) is 4.68. The normalized spacial score (nSPS) is 11.4. The van der Waals surface area contributed by atoms with Gasteiger partial charge in [0, 0.05) is 36.7 Å². The van der Waals surface area contributed by atoms with Gasteiger partial charge in [-0.2, -0.15) is 0 Å². The maximum Gasteiger partial charge on any atom is 0.160 e. The van der Waals surface area contributed by atoms with Crippen LogP contribution in [0.1, 0.15) is 0 Å². The van der Waals surface area contributed by atoms with Gasteiger partial charge >= 0.3 is 0 Å². The molecule has 0 aliphatic heterocycles. The lowest BCUT2D eigenvalue weighted by Crippen LogP contribution is -1.95. The second-order valence-corrected chi connectivity index (χ2v) is 9.75. The molecule has 0 N–H and O–H groups in total. The minimum atomic E-state index is 0.745. The fourth-order valence-corrected chi connectivity index (χ4v) is 5.89. The number of aromatic nitrogens is 2. The summed E-state index contributed by atoms with van der Waals surface area (Å²) in [6, 6.07) is 42.5. The Morgan fingerprint density at radius 2 is 1.06 bits per heavy atom. The largest absolute Gasteiger partial charge is 0.228 e. The van der Waals surface area contributed by atoms with Crippen LogP contribution in [-0.4, -0.2) is 9.97 Å². The zero-order chi connectivity index (χ0) is 23.2. The molecule has 0 bridgehead atoms. The highest BCUT2D eigenvalue weighted by Gasteiger charge is 2.13. The van der Waals surface area contributed by atoms with Crippen LogP contribution in [0.15, 0.2) is 121 Å². The molecule has 164 valence electrons. The zero-order valence-corrected chi connectivity index (χ0v) is 19.7. The second-order valence-electron chi connectivity index (χ2n) is 8.67. The third kappa shape index (κ3) is 3.49. The van der Waals surface area contributed by atoms with Crippen molar-refractivity contribution >= 4 is 42.4 Å². The quantitative estimate of drug-likeness (QED) is 0.261. The van der Waals surface area contributed by atoms with Gasteiger partial charge in [-0.1, -0.05) is 97.1 Å². The van der Waals surface area contributed by atoms with Crippen LogP contribution in [0.5, 0.6) is 0 Å². The van der Waals surface area contributed by atoms with E-state index in [0.717, 1.165) is 39.1 Å². The van der Waals surface area contributed by atoms with Crippen LogP contribution in [0.25, 0.3) is 64.8 Å². The number of thiophene rings is 1. The molecule has 2 heterocycles. The Bertz CT molecular complexity index is 1840.